The molecule has 1 N–H and O–H groups in total. The van der Waals surface area contributed by atoms with E-state index in [1.807, 2.05) is 0 Å². The Bertz CT molecular complexity index is 562. The fraction of sp³-hybridized carbons (Fsp3) is 0.286. The molecule has 0 amide bonds. The number of hydrogen-bond acceptors (Lipinski definition) is 3. The van der Waals surface area contributed by atoms with Gasteiger partial charge in [-0.25, -0.2) is 4.79 Å². The molecule has 21 heavy (non-hydrogen) atoms. The van der Waals surface area contributed by atoms with E-state index in [0.29, 0.717) is 0 Å². The lowest BCUT2D eigenvalue weighted by Gasteiger charge is -2.10. The normalized spacial score (nSPS) is 11.6. The van der Waals surface area contributed by atoms with Gasteiger partial charge < -0.3 is 9.84 Å². The summed E-state index contributed by atoms with van der Waals surface area (Å²) in [5.41, 5.74) is -0.747. The van der Waals surface area contributed by atoms with Gasteiger partial charge in [0.25, 0.3) is 0 Å². The van der Waals surface area contributed by atoms with Crippen LogP contribution >= 0.6 is 0 Å². The predicted octanol–water partition coefficient (Wildman–Crippen LogP) is 2.91. The van der Waals surface area contributed by atoms with Crippen LogP contribution in [0.4, 0.5) is 13.2 Å². The number of esters is 1. The van der Waals surface area contributed by atoms with Gasteiger partial charge in [0, 0.05) is 6.08 Å². The van der Waals surface area contributed by atoms with Crippen LogP contribution in [0.1, 0.15) is 23.6 Å². The molecule has 4 nitrogen and oxygen atoms in total. The first-order chi connectivity index (χ1) is 9.74. The van der Waals surface area contributed by atoms with Crippen LogP contribution in [0, 0.1) is 0 Å². The largest absolute Gasteiger partial charge is 0.481 e. The molecule has 0 saturated carbocycles. The van der Waals surface area contributed by atoms with Crippen LogP contribution in [0.5, 0.6) is 0 Å². The van der Waals surface area contributed by atoms with Crippen LogP contribution in [-0.4, -0.2) is 23.7 Å². The zero-order valence-corrected chi connectivity index (χ0v) is 11.1. The average Bonchev–Trinajstić information content (AvgIpc) is 2.35. The topological polar surface area (TPSA) is 63.6 Å². The molecule has 0 aliphatic heterocycles. The molecule has 1 aromatic carbocycles. The number of benzene rings is 1. The Morgan fingerprint density at radius 1 is 1.33 bits per heavy atom. The van der Waals surface area contributed by atoms with E-state index in [1.165, 1.54) is 6.08 Å². The third kappa shape index (κ3) is 5.29. The molecule has 0 atom stereocenters. The summed E-state index contributed by atoms with van der Waals surface area (Å²) in [6.45, 7) is 1.78. The van der Waals surface area contributed by atoms with Gasteiger partial charge in [-0.3, -0.25) is 4.79 Å². The van der Waals surface area contributed by atoms with Crippen molar-refractivity contribution in [1.29, 1.82) is 0 Å². The maximum absolute atomic E-state index is 12.6. The fourth-order valence-corrected chi connectivity index (χ4v) is 1.61. The van der Waals surface area contributed by atoms with Crippen LogP contribution in [0.3, 0.4) is 0 Å². The molecule has 0 unspecified atom stereocenters. The first-order valence-corrected chi connectivity index (χ1v) is 6.00. The molecule has 0 fully saturated rings. The molecule has 0 heterocycles. The van der Waals surface area contributed by atoms with Gasteiger partial charge in [-0.2, -0.15) is 13.2 Å². The molecule has 114 valence electrons. The third-order valence-corrected chi connectivity index (χ3v) is 2.50. The van der Waals surface area contributed by atoms with Crippen LogP contribution < -0.4 is 0 Å². The summed E-state index contributed by atoms with van der Waals surface area (Å²) in [5.74, 6) is -1.92. The number of alkyl halides is 3. The summed E-state index contributed by atoms with van der Waals surface area (Å²) in [6.07, 6.45) is -2.86. The highest BCUT2D eigenvalue weighted by molar-refractivity contribution is 5.87. The molecule has 0 bridgehead atoms. The molecule has 0 aromatic heterocycles. The van der Waals surface area contributed by atoms with Crippen molar-refractivity contribution in [3.05, 3.63) is 41.0 Å². The Morgan fingerprint density at radius 2 is 2.00 bits per heavy atom. The fourth-order valence-electron chi connectivity index (χ4n) is 1.61. The highest BCUT2D eigenvalue weighted by atomic mass is 19.4. The van der Waals surface area contributed by atoms with E-state index in [0.717, 1.165) is 24.3 Å². The highest BCUT2D eigenvalue weighted by Crippen LogP contribution is 2.31. The van der Waals surface area contributed by atoms with Crippen LogP contribution in [0.2, 0.25) is 0 Å². The molecule has 7 heteroatoms. The quantitative estimate of drug-likeness (QED) is 0.671. The molecule has 0 saturated heterocycles. The summed E-state index contributed by atoms with van der Waals surface area (Å²) >= 11 is 0. The van der Waals surface area contributed by atoms with Crippen molar-refractivity contribution < 1.29 is 32.6 Å². The van der Waals surface area contributed by atoms with Crippen LogP contribution in [0.25, 0.3) is 6.08 Å². The number of carboxylic acids is 1. The Labute approximate surface area is 118 Å². The van der Waals surface area contributed by atoms with Gasteiger partial charge in [0.2, 0.25) is 0 Å². The Kier molecular flexibility index (Phi) is 5.52. The molecule has 1 aromatic rings. The summed E-state index contributed by atoms with van der Waals surface area (Å²) < 4.78 is 42.5. The average molecular weight is 302 g/mol. The number of carbonyl (C=O) groups excluding carboxylic acids is 1. The molecule has 0 aliphatic carbocycles. The number of halogens is 3. The van der Waals surface area contributed by atoms with Gasteiger partial charge in [-0.15, -0.1) is 0 Å². The molecule has 1 rings (SSSR count). The van der Waals surface area contributed by atoms with Gasteiger partial charge in [0.1, 0.15) is 0 Å². The third-order valence-electron chi connectivity index (χ3n) is 2.50. The lowest BCUT2D eigenvalue weighted by molar-refractivity contribution is -0.138. The number of carbonyl (C=O) groups is 2. The van der Waals surface area contributed by atoms with Crippen LogP contribution in [-0.2, 0) is 26.9 Å². The molecular formula is C14H13F3O4. The highest BCUT2D eigenvalue weighted by Gasteiger charge is 2.31. The standard InChI is InChI=1S/C14H13F3O4/c1-2-21-13(20)6-4-9-3-5-11(14(15,16)17)7-10(9)8-12(18)19/h3-7H,2,8H2,1H3,(H,18,19)/b6-4+. The monoisotopic (exact) mass is 302 g/mol. The number of carboxylic acid groups (broad SMARTS) is 1. The second kappa shape index (κ2) is 6.92. The van der Waals surface area contributed by atoms with E-state index in [9.17, 15) is 22.8 Å². The second-order valence-corrected chi connectivity index (χ2v) is 4.07. The Hall–Kier alpha value is -2.31. The number of hydrogen-bond donors (Lipinski definition) is 1. The first kappa shape index (κ1) is 16.7. The van der Waals surface area contributed by atoms with E-state index >= 15 is 0 Å². The lowest BCUT2D eigenvalue weighted by Crippen LogP contribution is -2.08. The number of rotatable bonds is 5. The minimum absolute atomic E-state index is 0.0297. The molecule has 0 aliphatic rings. The van der Waals surface area contributed by atoms with Crippen molar-refractivity contribution in [3.63, 3.8) is 0 Å². The van der Waals surface area contributed by atoms with Gasteiger partial charge >= 0.3 is 18.1 Å². The summed E-state index contributed by atoms with van der Waals surface area (Å²) in [5, 5.41) is 8.75. The van der Waals surface area contributed by atoms with Crippen molar-refractivity contribution in [2.75, 3.05) is 6.61 Å². The molecule has 0 spiro atoms. The number of aliphatic carboxylic acids is 1. The van der Waals surface area contributed by atoms with Crippen molar-refractivity contribution >= 4 is 18.0 Å². The zero-order valence-electron chi connectivity index (χ0n) is 11.1. The first-order valence-electron chi connectivity index (χ1n) is 6.00. The van der Waals surface area contributed by atoms with Gasteiger partial charge in [0.15, 0.2) is 0 Å². The smallest absolute Gasteiger partial charge is 0.416 e. The van der Waals surface area contributed by atoms with Crippen molar-refractivity contribution in [1.82, 2.24) is 0 Å². The van der Waals surface area contributed by atoms with E-state index in [2.05, 4.69) is 4.74 Å². The van der Waals surface area contributed by atoms with Gasteiger partial charge in [-0.1, -0.05) is 6.07 Å². The maximum Gasteiger partial charge on any atom is 0.416 e. The second-order valence-electron chi connectivity index (χ2n) is 4.07. The summed E-state index contributed by atoms with van der Waals surface area (Å²) in [6, 6.07) is 2.71. The molecular weight excluding hydrogens is 289 g/mol. The van der Waals surface area contributed by atoms with E-state index in [1.54, 1.807) is 6.92 Å². The van der Waals surface area contributed by atoms with Crippen molar-refractivity contribution in [3.8, 4) is 0 Å². The van der Waals surface area contributed by atoms with Crippen molar-refractivity contribution in [2.24, 2.45) is 0 Å². The predicted molar refractivity (Wildman–Crippen MR) is 68.5 cm³/mol. The Morgan fingerprint density at radius 3 is 2.52 bits per heavy atom. The minimum Gasteiger partial charge on any atom is -0.481 e. The van der Waals surface area contributed by atoms with Gasteiger partial charge in [-0.05, 0) is 36.3 Å². The molecule has 0 radical (unpaired) electrons. The zero-order chi connectivity index (χ0) is 16.0. The minimum atomic E-state index is -4.56. The van der Waals surface area contributed by atoms with Crippen molar-refractivity contribution in [2.45, 2.75) is 19.5 Å². The Balaban J connectivity index is 3.13. The SMILES string of the molecule is CCOC(=O)/C=C/c1ccc(C(F)(F)F)cc1CC(=O)O. The summed E-state index contributed by atoms with van der Waals surface area (Å²) in [7, 11) is 0. The lowest BCUT2D eigenvalue weighted by atomic mass is 10.0. The van der Waals surface area contributed by atoms with E-state index < -0.39 is 30.1 Å². The van der Waals surface area contributed by atoms with Crippen LogP contribution in [0.15, 0.2) is 24.3 Å². The summed E-state index contributed by atoms with van der Waals surface area (Å²) in [4.78, 5) is 21.9. The number of ether oxygens (including phenoxy) is 1. The van der Waals surface area contributed by atoms with Gasteiger partial charge in [0.05, 0.1) is 18.6 Å². The van der Waals surface area contributed by atoms with E-state index in [-0.39, 0.29) is 17.7 Å². The van der Waals surface area contributed by atoms with E-state index in [4.69, 9.17) is 5.11 Å². The maximum atomic E-state index is 12.6.